The van der Waals surface area contributed by atoms with Gasteiger partial charge in [-0.15, -0.1) is 0 Å². The van der Waals surface area contributed by atoms with E-state index in [2.05, 4.69) is 4.72 Å². The maximum absolute atomic E-state index is 13.1. The average molecular weight is 457 g/mol. The highest BCUT2D eigenvalue weighted by Crippen LogP contribution is 2.39. The first kappa shape index (κ1) is 22.3. The number of imide groups is 1. The number of aryl methyl sites for hydroxylation is 1. The van der Waals surface area contributed by atoms with Gasteiger partial charge in [-0.1, -0.05) is 38.0 Å². The lowest BCUT2D eigenvalue weighted by atomic mass is 9.81. The first-order valence-corrected chi connectivity index (χ1v) is 12.5. The standard InChI is InChI=1S/C24H28N2O5S/c1-3-16-8-11-18(12-9-16)25-32(29,30)22-14-17(10-13-21(22)31-2)15-26-23(27)19-6-4-5-7-20(19)24(26)28/h8-14,19-20,25H,3-7,15H2,1-2H3. The third-order valence-corrected chi connectivity index (χ3v) is 7.81. The number of hydrogen-bond acceptors (Lipinski definition) is 5. The molecule has 1 saturated carbocycles. The summed E-state index contributed by atoms with van der Waals surface area (Å²) >= 11 is 0. The maximum Gasteiger partial charge on any atom is 0.265 e. The van der Waals surface area contributed by atoms with Crippen molar-refractivity contribution >= 4 is 27.5 Å². The van der Waals surface area contributed by atoms with Crippen molar-refractivity contribution < 1.29 is 22.7 Å². The Labute approximate surface area is 188 Å². The zero-order valence-electron chi connectivity index (χ0n) is 18.3. The van der Waals surface area contributed by atoms with Crippen molar-refractivity contribution in [2.24, 2.45) is 11.8 Å². The van der Waals surface area contributed by atoms with Gasteiger partial charge in [-0.05, 0) is 54.7 Å². The Morgan fingerprint density at radius 3 is 2.12 bits per heavy atom. The summed E-state index contributed by atoms with van der Waals surface area (Å²) in [5, 5.41) is 0. The topological polar surface area (TPSA) is 92.8 Å². The van der Waals surface area contributed by atoms with Crippen LogP contribution in [0.15, 0.2) is 47.4 Å². The molecule has 2 atom stereocenters. The van der Waals surface area contributed by atoms with Crippen molar-refractivity contribution in [3.8, 4) is 5.75 Å². The number of nitrogens with one attached hydrogen (secondary N) is 1. The van der Waals surface area contributed by atoms with Gasteiger partial charge in [0.15, 0.2) is 0 Å². The van der Waals surface area contributed by atoms with Crippen molar-refractivity contribution in [2.75, 3.05) is 11.8 Å². The summed E-state index contributed by atoms with van der Waals surface area (Å²) in [6.45, 7) is 2.09. The van der Waals surface area contributed by atoms with Crippen LogP contribution < -0.4 is 9.46 Å². The van der Waals surface area contributed by atoms with Gasteiger partial charge in [-0.2, -0.15) is 0 Å². The van der Waals surface area contributed by atoms with E-state index in [1.807, 2.05) is 19.1 Å². The van der Waals surface area contributed by atoms with Crippen molar-refractivity contribution in [3.63, 3.8) is 0 Å². The number of likely N-dealkylation sites (tertiary alicyclic amines) is 1. The van der Waals surface area contributed by atoms with Gasteiger partial charge in [0.25, 0.3) is 10.0 Å². The quantitative estimate of drug-likeness (QED) is 0.641. The van der Waals surface area contributed by atoms with Crippen molar-refractivity contribution in [3.05, 3.63) is 53.6 Å². The Bertz CT molecular complexity index is 1100. The second kappa shape index (κ2) is 8.94. The van der Waals surface area contributed by atoms with Crippen molar-refractivity contribution in [2.45, 2.75) is 50.5 Å². The van der Waals surface area contributed by atoms with Gasteiger partial charge in [0.2, 0.25) is 11.8 Å². The van der Waals surface area contributed by atoms with E-state index in [4.69, 9.17) is 4.74 Å². The minimum Gasteiger partial charge on any atom is -0.495 e. The van der Waals surface area contributed by atoms with Gasteiger partial charge in [-0.25, -0.2) is 8.42 Å². The first-order valence-electron chi connectivity index (χ1n) is 11.0. The Morgan fingerprint density at radius 1 is 0.969 bits per heavy atom. The molecule has 1 aliphatic heterocycles. The van der Waals surface area contributed by atoms with E-state index in [1.165, 1.54) is 18.1 Å². The summed E-state index contributed by atoms with van der Waals surface area (Å²) in [7, 11) is -2.54. The zero-order chi connectivity index (χ0) is 22.9. The monoisotopic (exact) mass is 456 g/mol. The number of rotatable bonds is 7. The van der Waals surface area contributed by atoms with E-state index >= 15 is 0 Å². The molecule has 0 aromatic heterocycles. The minimum atomic E-state index is -3.94. The molecule has 0 spiro atoms. The highest BCUT2D eigenvalue weighted by atomic mass is 32.2. The molecule has 2 fully saturated rings. The van der Waals surface area contributed by atoms with Crippen LogP contribution in [-0.2, 0) is 32.6 Å². The highest BCUT2D eigenvalue weighted by Gasteiger charge is 2.47. The van der Waals surface area contributed by atoms with E-state index in [1.54, 1.807) is 24.3 Å². The average Bonchev–Trinajstić information content (AvgIpc) is 3.04. The molecule has 2 aromatic carbocycles. The predicted octanol–water partition coefficient (Wildman–Crippen LogP) is 3.73. The molecule has 2 amide bonds. The lowest BCUT2D eigenvalue weighted by Gasteiger charge is -2.19. The summed E-state index contributed by atoms with van der Waals surface area (Å²) in [4.78, 5) is 26.9. The van der Waals surface area contributed by atoms with Gasteiger partial charge < -0.3 is 4.74 Å². The van der Waals surface area contributed by atoms with Gasteiger partial charge in [0.05, 0.1) is 25.5 Å². The summed E-state index contributed by atoms with van der Waals surface area (Å²) in [6.07, 6.45) is 4.27. The SMILES string of the molecule is CCc1ccc(NS(=O)(=O)c2cc(CN3C(=O)C4CCCCC4C3=O)ccc2OC)cc1. The second-order valence-corrected chi connectivity index (χ2v) is 10.1. The number of sulfonamides is 1. The molecule has 2 aromatic rings. The van der Waals surface area contributed by atoms with Crippen LogP contribution in [0, 0.1) is 11.8 Å². The lowest BCUT2D eigenvalue weighted by Crippen LogP contribution is -2.30. The van der Waals surface area contributed by atoms with E-state index in [-0.39, 0.29) is 40.8 Å². The molecule has 7 nitrogen and oxygen atoms in total. The summed E-state index contributed by atoms with van der Waals surface area (Å²) in [6, 6.07) is 11.9. The van der Waals surface area contributed by atoms with Crippen LogP contribution in [0.1, 0.15) is 43.7 Å². The van der Waals surface area contributed by atoms with Crippen LogP contribution >= 0.6 is 0 Å². The van der Waals surface area contributed by atoms with Crippen LogP contribution in [0.3, 0.4) is 0 Å². The van der Waals surface area contributed by atoms with E-state index in [9.17, 15) is 18.0 Å². The molecule has 4 rings (SSSR count). The molecule has 1 saturated heterocycles. The van der Waals surface area contributed by atoms with Gasteiger partial charge in [-0.3, -0.25) is 19.2 Å². The number of benzene rings is 2. The number of fused-ring (bicyclic) bond motifs is 1. The number of hydrogen-bond donors (Lipinski definition) is 1. The first-order chi connectivity index (χ1) is 15.3. The van der Waals surface area contributed by atoms with E-state index in [0.29, 0.717) is 11.3 Å². The molecule has 8 heteroatoms. The molecular formula is C24H28N2O5S. The van der Waals surface area contributed by atoms with Gasteiger partial charge in [0.1, 0.15) is 10.6 Å². The molecule has 170 valence electrons. The molecular weight excluding hydrogens is 428 g/mol. The molecule has 2 unspecified atom stereocenters. The summed E-state index contributed by atoms with van der Waals surface area (Å²) in [5.74, 6) is -0.557. The number of ether oxygens (including phenoxy) is 1. The number of carbonyl (C=O) groups is 2. The smallest absolute Gasteiger partial charge is 0.265 e. The van der Waals surface area contributed by atoms with Gasteiger partial charge >= 0.3 is 0 Å². The molecule has 32 heavy (non-hydrogen) atoms. The van der Waals surface area contributed by atoms with Crippen LogP contribution in [0.4, 0.5) is 5.69 Å². The summed E-state index contributed by atoms with van der Waals surface area (Å²) < 4.78 is 34.1. The molecule has 1 N–H and O–H groups in total. The minimum absolute atomic E-state index is 0.0337. The Hall–Kier alpha value is -2.87. The van der Waals surface area contributed by atoms with Crippen molar-refractivity contribution in [1.82, 2.24) is 4.90 Å². The predicted molar refractivity (Wildman–Crippen MR) is 121 cm³/mol. The van der Waals surface area contributed by atoms with Crippen LogP contribution in [0.25, 0.3) is 0 Å². The third kappa shape index (κ3) is 4.24. The number of amides is 2. The number of anilines is 1. The van der Waals surface area contributed by atoms with Crippen LogP contribution in [-0.4, -0.2) is 32.2 Å². The zero-order valence-corrected chi connectivity index (χ0v) is 19.2. The van der Waals surface area contributed by atoms with Crippen LogP contribution in [0.2, 0.25) is 0 Å². The normalized spacial score (nSPS) is 20.9. The Kier molecular flexibility index (Phi) is 6.24. The second-order valence-electron chi connectivity index (χ2n) is 8.40. The largest absolute Gasteiger partial charge is 0.495 e. The van der Waals surface area contributed by atoms with Crippen LogP contribution in [0.5, 0.6) is 5.75 Å². The molecule has 0 radical (unpaired) electrons. The number of nitrogens with zero attached hydrogens (tertiary/aromatic N) is 1. The third-order valence-electron chi connectivity index (χ3n) is 6.41. The van der Waals surface area contributed by atoms with E-state index in [0.717, 1.165) is 37.7 Å². The molecule has 2 aliphatic rings. The lowest BCUT2D eigenvalue weighted by molar-refractivity contribution is -0.140. The fraction of sp³-hybridized carbons (Fsp3) is 0.417. The molecule has 1 aliphatic carbocycles. The van der Waals surface area contributed by atoms with E-state index < -0.39 is 10.0 Å². The maximum atomic E-state index is 13.1. The fourth-order valence-electron chi connectivity index (χ4n) is 4.62. The summed E-state index contributed by atoms with van der Waals surface area (Å²) in [5.41, 5.74) is 2.12. The van der Waals surface area contributed by atoms with Crippen molar-refractivity contribution in [1.29, 1.82) is 0 Å². The molecule has 1 heterocycles. The Balaban J connectivity index is 1.59. The van der Waals surface area contributed by atoms with Gasteiger partial charge in [0, 0.05) is 5.69 Å². The number of carbonyl (C=O) groups excluding carboxylic acids is 2. The number of methoxy groups -OCH3 is 1. The Morgan fingerprint density at radius 2 is 1.56 bits per heavy atom. The highest BCUT2D eigenvalue weighted by molar-refractivity contribution is 7.92. The molecule has 0 bridgehead atoms. The fourth-order valence-corrected chi connectivity index (χ4v) is 5.90.